The van der Waals surface area contributed by atoms with Crippen molar-refractivity contribution in [3.05, 3.63) is 48.0 Å². The molecule has 1 aliphatic rings. The quantitative estimate of drug-likeness (QED) is 0.909. The van der Waals surface area contributed by atoms with Gasteiger partial charge in [-0.3, -0.25) is 9.59 Å². The summed E-state index contributed by atoms with van der Waals surface area (Å²) in [6, 6.07) is 12.6. The molecule has 0 spiro atoms. The molecule has 0 saturated heterocycles. The average Bonchev–Trinajstić information content (AvgIpc) is 2.57. The Morgan fingerprint density at radius 1 is 1.08 bits per heavy atom. The van der Waals surface area contributed by atoms with Gasteiger partial charge in [0.05, 0.1) is 0 Å². The van der Waals surface area contributed by atoms with E-state index in [2.05, 4.69) is 10.6 Å². The molecule has 1 heterocycles. The molecule has 0 fully saturated rings. The molecule has 24 heavy (non-hydrogen) atoms. The molecule has 1 atom stereocenters. The van der Waals surface area contributed by atoms with E-state index in [-0.39, 0.29) is 18.4 Å². The lowest BCUT2D eigenvalue weighted by Gasteiger charge is -2.25. The molecule has 1 unspecified atom stereocenters. The van der Waals surface area contributed by atoms with Crippen LogP contribution in [0.2, 0.25) is 0 Å². The number of para-hydroxylation sites is 2. The smallest absolute Gasteiger partial charge is 0.269 e. The molecule has 1 aliphatic heterocycles. The van der Waals surface area contributed by atoms with Crippen LogP contribution in [-0.4, -0.2) is 24.5 Å². The number of carbonyl (C=O) groups excluding carboxylic acids is 2. The molecule has 6 heteroatoms. The van der Waals surface area contributed by atoms with Gasteiger partial charge < -0.3 is 20.1 Å². The van der Waals surface area contributed by atoms with Crippen LogP contribution in [0.25, 0.3) is 0 Å². The lowest BCUT2D eigenvalue weighted by atomic mass is 10.1. The highest BCUT2D eigenvalue weighted by atomic mass is 16.6. The van der Waals surface area contributed by atoms with E-state index in [1.807, 2.05) is 25.1 Å². The zero-order valence-electron chi connectivity index (χ0n) is 13.5. The van der Waals surface area contributed by atoms with Crippen LogP contribution in [0.3, 0.4) is 0 Å². The topological polar surface area (TPSA) is 76.7 Å². The zero-order chi connectivity index (χ0) is 17.1. The lowest BCUT2D eigenvalue weighted by Crippen LogP contribution is -2.40. The van der Waals surface area contributed by atoms with Crippen LogP contribution in [0, 0.1) is 6.92 Å². The first-order chi connectivity index (χ1) is 11.5. The standard InChI is InChI=1S/C18H18N2O4/c1-11-7-8-13(19-12(2)21)9-14(11)20-18(22)17-10-23-15-5-3-4-6-16(15)24-17/h3-9,17H,10H2,1-2H3,(H,19,21)(H,20,22). The molecule has 2 N–H and O–H groups in total. The van der Waals surface area contributed by atoms with Crippen LogP contribution < -0.4 is 20.1 Å². The van der Waals surface area contributed by atoms with Crippen molar-refractivity contribution in [3.8, 4) is 11.5 Å². The minimum Gasteiger partial charge on any atom is -0.485 e. The van der Waals surface area contributed by atoms with E-state index >= 15 is 0 Å². The Labute approximate surface area is 139 Å². The number of aryl methyl sites for hydroxylation is 1. The Balaban J connectivity index is 1.72. The van der Waals surface area contributed by atoms with Crippen LogP contribution in [0.1, 0.15) is 12.5 Å². The molecular formula is C18H18N2O4. The van der Waals surface area contributed by atoms with Crippen molar-refractivity contribution in [1.82, 2.24) is 0 Å². The summed E-state index contributed by atoms with van der Waals surface area (Å²) < 4.78 is 11.3. The van der Waals surface area contributed by atoms with Crippen LogP contribution in [0.15, 0.2) is 42.5 Å². The molecule has 0 aromatic heterocycles. The molecule has 2 aromatic rings. The second-order valence-corrected chi connectivity index (χ2v) is 5.56. The van der Waals surface area contributed by atoms with Crippen LogP contribution in [-0.2, 0) is 9.59 Å². The van der Waals surface area contributed by atoms with E-state index in [4.69, 9.17) is 9.47 Å². The first-order valence-corrected chi connectivity index (χ1v) is 7.60. The number of benzene rings is 2. The fourth-order valence-corrected chi connectivity index (χ4v) is 2.40. The van der Waals surface area contributed by atoms with E-state index in [1.165, 1.54) is 6.92 Å². The number of hydrogen-bond donors (Lipinski definition) is 2. The van der Waals surface area contributed by atoms with Crippen molar-refractivity contribution in [3.63, 3.8) is 0 Å². The van der Waals surface area contributed by atoms with Gasteiger partial charge in [-0.15, -0.1) is 0 Å². The first-order valence-electron chi connectivity index (χ1n) is 7.60. The maximum atomic E-state index is 12.5. The summed E-state index contributed by atoms with van der Waals surface area (Å²) in [5.74, 6) is 0.710. The third kappa shape index (κ3) is 3.48. The van der Waals surface area contributed by atoms with Crippen LogP contribution in [0.5, 0.6) is 11.5 Å². The van der Waals surface area contributed by atoms with E-state index < -0.39 is 6.10 Å². The molecule has 6 nitrogen and oxygen atoms in total. The first kappa shape index (κ1) is 15.9. The SMILES string of the molecule is CC(=O)Nc1ccc(C)c(NC(=O)C2COc3ccccc3O2)c1. The number of carbonyl (C=O) groups is 2. The third-order valence-corrected chi connectivity index (χ3v) is 3.62. The largest absolute Gasteiger partial charge is 0.485 e. The van der Waals surface area contributed by atoms with Crippen molar-refractivity contribution >= 4 is 23.2 Å². The Hall–Kier alpha value is -3.02. The number of anilines is 2. The predicted octanol–water partition coefficient (Wildman–Crippen LogP) is 2.73. The van der Waals surface area contributed by atoms with Gasteiger partial charge >= 0.3 is 0 Å². The fraction of sp³-hybridized carbons (Fsp3) is 0.222. The summed E-state index contributed by atoms with van der Waals surface area (Å²) >= 11 is 0. The Kier molecular flexibility index (Phi) is 4.37. The van der Waals surface area contributed by atoms with E-state index in [0.717, 1.165) is 5.56 Å². The maximum absolute atomic E-state index is 12.5. The van der Waals surface area contributed by atoms with Gasteiger partial charge in [-0.05, 0) is 36.8 Å². The van der Waals surface area contributed by atoms with Gasteiger partial charge in [-0.1, -0.05) is 18.2 Å². The second kappa shape index (κ2) is 6.62. The second-order valence-electron chi connectivity index (χ2n) is 5.56. The number of amides is 2. The molecule has 0 saturated carbocycles. The Morgan fingerprint density at radius 3 is 2.58 bits per heavy atom. The van der Waals surface area contributed by atoms with Gasteiger partial charge in [-0.2, -0.15) is 0 Å². The highest BCUT2D eigenvalue weighted by Gasteiger charge is 2.27. The van der Waals surface area contributed by atoms with E-state index in [1.54, 1.807) is 24.3 Å². The lowest BCUT2D eigenvalue weighted by molar-refractivity contribution is -0.125. The number of nitrogens with one attached hydrogen (secondary N) is 2. The van der Waals surface area contributed by atoms with Gasteiger partial charge in [0.1, 0.15) is 6.61 Å². The summed E-state index contributed by atoms with van der Waals surface area (Å²) in [7, 11) is 0. The zero-order valence-corrected chi connectivity index (χ0v) is 13.5. The van der Waals surface area contributed by atoms with Crippen molar-refractivity contribution in [2.45, 2.75) is 20.0 Å². The fourth-order valence-electron chi connectivity index (χ4n) is 2.40. The summed E-state index contributed by atoms with van der Waals surface area (Å²) in [5.41, 5.74) is 2.12. The van der Waals surface area contributed by atoms with Crippen LogP contribution in [0.4, 0.5) is 11.4 Å². The van der Waals surface area contributed by atoms with Crippen molar-refractivity contribution in [2.75, 3.05) is 17.2 Å². The summed E-state index contributed by atoms with van der Waals surface area (Å²) in [6.45, 7) is 3.46. The predicted molar refractivity (Wildman–Crippen MR) is 90.5 cm³/mol. The number of rotatable bonds is 3. The minimum atomic E-state index is -0.733. The average molecular weight is 326 g/mol. The normalized spacial score (nSPS) is 15.5. The third-order valence-electron chi connectivity index (χ3n) is 3.62. The highest BCUT2D eigenvalue weighted by Crippen LogP contribution is 2.31. The summed E-state index contributed by atoms with van der Waals surface area (Å²) in [5, 5.41) is 5.52. The minimum absolute atomic E-state index is 0.146. The molecule has 0 aliphatic carbocycles. The summed E-state index contributed by atoms with van der Waals surface area (Å²) in [4.78, 5) is 23.6. The van der Waals surface area contributed by atoms with E-state index in [0.29, 0.717) is 22.9 Å². The molecule has 3 rings (SSSR count). The number of hydrogen-bond acceptors (Lipinski definition) is 4. The van der Waals surface area contributed by atoms with E-state index in [9.17, 15) is 9.59 Å². The van der Waals surface area contributed by atoms with Gasteiger partial charge in [-0.25, -0.2) is 0 Å². The number of fused-ring (bicyclic) bond motifs is 1. The number of ether oxygens (including phenoxy) is 2. The van der Waals surface area contributed by atoms with Gasteiger partial charge in [0.15, 0.2) is 11.5 Å². The molecule has 2 aromatic carbocycles. The van der Waals surface area contributed by atoms with Crippen molar-refractivity contribution < 1.29 is 19.1 Å². The molecule has 0 bridgehead atoms. The maximum Gasteiger partial charge on any atom is 0.269 e. The monoisotopic (exact) mass is 326 g/mol. The molecule has 2 amide bonds. The molecule has 0 radical (unpaired) electrons. The van der Waals surface area contributed by atoms with Gasteiger partial charge in [0, 0.05) is 18.3 Å². The van der Waals surface area contributed by atoms with Gasteiger partial charge in [0.2, 0.25) is 12.0 Å². The Bertz CT molecular complexity index is 788. The van der Waals surface area contributed by atoms with Crippen molar-refractivity contribution in [2.24, 2.45) is 0 Å². The molecule has 124 valence electrons. The highest BCUT2D eigenvalue weighted by molar-refractivity contribution is 5.96. The molecular weight excluding hydrogens is 308 g/mol. The van der Waals surface area contributed by atoms with Gasteiger partial charge in [0.25, 0.3) is 5.91 Å². The van der Waals surface area contributed by atoms with Crippen LogP contribution >= 0.6 is 0 Å². The Morgan fingerprint density at radius 2 is 1.83 bits per heavy atom. The van der Waals surface area contributed by atoms with Crippen molar-refractivity contribution in [1.29, 1.82) is 0 Å². The summed E-state index contributed by atoms with van der Waals surface area (Å²) in [6.07, 6.45) is -0.733.